The number of rotatable bonds is 10. The maximum absolute atomic E-state index is 12.1. The van der Waals surface area contributed by atoms with E-state index in [9.17, 15) is 24.5 Å². The van der Waals surface area contributed by atoms with Gasteiger partial charge >= 0.3 is 19.8 Å². The molecular weight excluding hydrogens is 477 g/mol. The highest BCUT2D eigenvalue weighted by Gasteiger charge is 2.45. The molecular formula is C16H27N9O8P+. The van der Waals surface area contributed by atoms with Crippen molar-refractivity contribution in [2.75, 3.05) is 18.9 Å². The number of aliphatic hydroxyl groups excluding tert-OH is 2. The standard InChI is InChI=1S/C16H26N9O8P/c17-7(2-1-3-21-16(19)20)15(28)33-34(29,30)31-4-8-10(26)11(27)14(32-8)25-6-24-9-12(18)22-5-23-13(9)25/h5-8,10-11,14,26-27H,1-4,17H2,(H,29,30)(H2,18,22,23)(H4,19,20,21)/p+1/t7-,8+,10+,11+,14+/m0/s1. The predicted octanol–water partition coefficient (Wildman–Crippen LogP) is -6.20. The van der Waals surface area contributed by atoms with Crippen molar-refractivity contribution >= 4 is 36.7 Å². The van der Waals surface area contributed by atoms with Crippen LogP contribution in [-0.2, 0) is 23.1 Å². The number of nitrogens with zero attached hydrogens (tertiary/aromatic N) is 4. The number of anilines is 1. The van der Waals surface area contributed by atoms with Crippen molar-refractivity contribution in [3.63, 3.8) is 0 Å². The smallest absolute Gasteiger partial charge is 0.370 e. The molecule has 2 aromatic rings. The van der Waals surface area contributed by atoms with E-state index in [4.69, 9.17) is 26.5 Å². The van der Waals surface area contributed by atoms with Crippen LogP contribution in [0.1, 0.15) is 19.1 Å². The van der Waals surface area contributed by atoms with Gasteiger partial charge in [-0.3, -0.25) is 25.6 Å². The fourth-order valence-corrected chi connectivity index (χ4v) is 3.98. The number of fused-ring (bicyclic) bond motifs is 1. The van der Waals surface area contributed by atoms with Gasteiger partial charge in [0.1, 0.15) is 30.2 Å². The Labute approximate surface area is 192 Å². The van der Waals surface area contributed by atoms with Gasteiger partial charge in [0.25, 0.3) is 0 Å². The highest BCUT2D eigenvalue weighted by Crippen LogP contribution is 2.41. The van der Waals surface area contributed by atoms with Crippen molar-refractivity contribution in [1.82, 2.24) is 19.5 Å². The van der Waals surface area contributed by atoms with E-state index < -0.39 is 51.0 Å². The number of quaternary nitrogens is 1. The third kappa shape index (κ3) is 5.95. The first-order chi connectivity index (χ1) is 16.0. The average molecular weight is 504 g/mol. The molecule has 0 amide bonds. The summed E-state index contributed by atoms with van der Waals surface area (Å²) in [5.74, 6) is -0.994. The summed E-state index contributed by atoms with van der Waals surface area (Å²) in [5.41, 5.74) is 20.3. The number of imidazole rings is 1. The van der Waals surface area contributed by atoms with E-state index in [1.54, 1.807) is 0 Å². The topological polar surface area (TPSA) is 289 Å². The number of nitrogens with one attached hydrogen (secondary N) is 1. The minimum absolute atomic E-state index is 0.0166. The van der Waals surface area contributed by atoms with Gasteiger partial charge in [-0.15, -0.1) is 0 Å². The molecule has 3 rings (SSSR count). The molecule has 2 aromatic heterocycles. The number of aliphatic hydroxyl groups is 2. The number of carbonyl (C=O) groups excluding carboxylic acids is 1. The fraction of sp³-hybridized carbons (Fsp3) is 0.562. The van der Waals surface area contributed by atoms with Crippen LogP contribution in [0, 0.1) is 0 Å². The molecule has 0 aliphatic carbocycles. The van der Waals surface area contributed by atoms with Gasteiger partial charge in [-0.2, -0.15) is 0 Å². The quantitative estimate of drug-likeness (QED) is 0.0685. The molecule has 0 radical (unpaired) electrons. The van der Waals surface area contributed by atoms with Crippen molar-refractivity contribution in [2.45, 2.75) is 43.4 Å². The zero-order valence-electron chi connectivity index (χ0n) is 17.9. The summed E-state index contributed by atoms with van der Waals surface area (Å²) >= 11 is 0. The molecule has 0 aromatic carbocycles. The molecule has 6 atom stereocenters. The summed E-state index contributed by atoms with van der Waals surface area (Å²) in [6.45, 7) is -0.373. The molecule has 1 fully saturated rings. The number of nitrogen functional groups attached to an aromatic ring is 1. The van der Waals surface area contributed by atoms with Gasteiger partial charge in [-0.05, 0) is 6.42 Å². The molecule has 1 unspecified atom stereocenters. The van der Waals surface area contributed by atoms with E-state index in [2.05, 4.69) is 30.2 Å². The SMILES string of the molecule is NC(N)=[NH+]CCC[C@H]([NH3+])C(=O)OP(=O)([O-])OC[C@H]1O[C@@H](n2cnc3c(N)ncnc32)[C@H](O)[C@@H]1O. The lowest BCUT2D eigenvalue weighted by molar-refractivity contribution is -0.463. The van der Waals surface area contributed by atoms with Crippen LogP contribution in [0.25, 0.3) is 11.2 Å². The van der Waals surface area contributed by atoms with E-state index in [0.717, 1.165) is 0 Å². The van der Waals surface area contributed by atoms with Crippen molar-refractivity contribution in [3.05, 3.63) is 12.7 Å². The number of ether oxygens (including phenoxy) is 1. The van der Waals surface area contributed by atoms with Crippen molar-refractivity contribution < 1.29 is 49.0 Å². The monoisotopic (exact) mass is 504 g/mol. The first kappa shape index (κ1) is 25.7. The van der Waals surface area contributed by atoms with Crippen molar-refractivity contribution in [2.24, 2.45) is 11.5 Å². The van der Waals surface area contributed by atoms with E-state index in [0.29, 0.717) is 13.0 Å². The molecule has 0 bridgehead atoms. The number of nitrogens with two attached hydrogens (primary N) is 3. The Kier molecular flexibility index (Phi) is 7.98. The molecule has 17 nitrogen and oxygen atoms in total. The predicted molar refractivity (Wildman–Crippen MR) is 110 cm³/mol. The number of hydrogen-bond donors (Lipinski definition) is 7. The van der Waals surface area contributed by atoms with Crippen molar-refractivity contribution in [3.8, 4) is 0 Å². The summed E-state index contributed by atoms with van der Waals surface area (Å²) < 4.78 is 28.1. The van der Waals surface area contributed by atoms with Gasteiger partial charge in [-0.1, -0.05) is 0 Å². The number of phosphoric acid groups is 1. The average Bonchev–Trinajstić information content (AvgIpc) is 3.31. The summed E-state index contributed by atoms with van der Waals surface area (Å²) in [7, 11) is -5.11. The highest BCUT2D eigenvalue weighted by atomic mass is 31.2. The summed E-state index contributed by atoms with van der Waals surface area (Å²) in [6.07, 6.45) is -2.37. The number of aromatic nitrogens is 4. The molecule has 188 valence electrons. The molecule has 34 heavy (non-hydrogen) atoms. The molecule has 12 N–H and O–H groups in total. The molecule has 1 saturated heterocycles. The van der Waals surface area contributed by atoms with Crippen LogP contribution in [0.2, 0.25) is 0 Å². The summed E-state index contributed by atoms with van der Waals surface area (Å²) in [6, 6.07) is -0.991. The zero-order valence-corrected chi connectivity index (χ0v) is 18.8. The van der Waals surface area contributed by atoms with Gasteiger partial charge < -0.3 is 40.4 Å². The normalized spacial score (nSPS) is 25.1. The number of phosphoric ester groups is 1. The molecule has 1 aliphatic heterocycles. The Morgan fingerprint density at radius 1 is 1.35 bits per heavy atom. The maximum Gasteiger partial charge on any atom is 0.370 e. The highest BCUT2D eigenvalue weighted by molar-refractivity contribution is 7.46. The Bertz CT molecular complexity index is 1090. The Balaban J connectivity index is 1.56. The van der Waals surface area contributed by atoms with E-state index in [-0.39, 0.29) is 29.4 Å². The van der Waals surface area contributed by atoms with E-state index in [1.165, 1.54) is 17.2 Å². The van der Waals surface area contributed by atoms with Crippen LogP contribution in [0.5, 0.6) is 0 Å². The molecule has 3 heterocycles. The first-order valence-corrected chi connectivity index (χ1v) is 11.5. The summed E-state index contributed by atoms with van der Waals surface area (Å²) in [4.78, 5) is 38.6. The van der Waals surface area contributed by atoms with Crippen LogP contribution in [-0.4, -0.2) is 79.2 Å². The van der Waals surface area contributed by atoms with Crippen LogP contribution >= 0.6 is 7.82 Å². The molecule has 18 heteroatoms. The third-order valence-corrected chi connectivity index (χ3v) is 5.86. The van der Waals surface area contributed by atoms with Gasteiger partial charge in [-0.25, -0.2) is 19.7 Å². The van der Waals surface area contributed by atoms with E-state index >= 15 is 0 Å². The lowest BCUT2D eigenvalue weighted by Crippen LogP contribution is -2.78. The van der Waals surface area contributed by atoms with E-state index in [1.807, 2.05) is 0 Å². The van der Waals surface area contributed by atoms with Crippen LogP contribution in [0.15, 0.2) is 12.7 Å². The second-order valence-corrected chi connectivity index (χ2v) is 8.84. The third-order valence-electron chi connectivity index (χ3n) is 4.99. The lowest BCUT2D eigenvalue weighted by atomic mass is 10.1. The van der Waals surface area contributed by atoms with Crippen LogP contribution in [0.3, 0.4) is 0 Å². The van der Waals surface area contributed by atoms with Gasteiger partial charge in [0.05, 0.1) is 19.5 Å². The van der Waals surface area contributed by atoms with Crippen molar-refractivity contribution in [1.29, 1.82) is 0 Å². The number of carbonyl (C=O) groups is 1. The molecule has 0 saturated carbocycles. The Morgan fingerprint density at radius 3 is 2.79 bits per heavy atom. The second kappa shape index (κ2) is 10.6. The van der Waals surface area contributed by atoms with Crippen LogP contribution < -0.4 is 32.8 Å². The Hall–Kier alpha value is -2.92. The zero-order chi connectivity index (χ0) is 25.0. The largest absolute Gasteiger partial charge is 0.746 e. The molecule has 0 spiro atoms. The van der Waals surface area contributed by atoms with Gasteiger partial charge in [0.15, 0.2) is 23.7 Å². The van der Waals surface area contributed by atoms with Crippen LogP contribution in [0.4, 0.5) is 5.82 Å². The summed E-state index contributed by atoms with van der Waals surface area (Å²) in [5, 5.41) is 20.7. The number of guanidine groups is 1. The minimum atomic E-state index is -5.11. The minimum Gasteiger partial charge on any atom is -0.746 e. The lowest BCUT2D eigenvalue weighted by Gasteiger charge is -2.25. The maximum atomic E-state index is 12.1. The van der Waals surface area contributed by atoms with Gasteiger partial charge in [0.2, 0.25) is 0 Å². The Morgan fingerprint density at radius 2 is 2.09 bits per heavy atom. The fourth-order valence-electron chi connectivity index (χ4n) is 3.23. The number of hydrogen-bond acceptors (Lipinski definition) is 12. The molecule has 1 aliphatic rings. The second-order valence-electron chi connectivity index (χ2n) is 7.50. The van der Waals surface area contributed by atoms with Gasteiger partial charge in [0, 0.05) is 6.42 Å². The first-order valence-electron chi connectivity index (χ1n) is 10.1.